The van der Waals surface area contributed by atoms with Crippen molar-refractivity contribution in [2.45, 2.75) is 31.8 Å². The molecule has 7 nitrogen and oxygen atoms in total. The molecular weight excluding hydrogens is 430 g/mol. The van der Waals surface area contributed by atoms with E-state index in [1.54, 1.807) is 11.1 Å². The summed E-state index contributed by atoms with van der Waals surface area (Å²) in [6, 6.07) is 7.00. The Bertz CT molecular complexity index is 1190. The van der Waals surface area contributed by atoms with E-state index in [0.717, 1.165) is 48.0 Å². The molecule has 2 aliphatic rings. The molecule has 0 unspecified atom stereocenters. The third-order valence-corrected chi connectivity index (χ3v) is 6.22. The van der Waals surface area contributed by atoms with Crippen LogP contribution in [0.5, 0.6) is 11.5 Å². The van der Waals surface area contributed by atoms with E-state index in [1.165, 1.54) is 7.11 Å². The number of amides is 1. The standard InChI is InChI=1S/C24H24F2N4O3/c1-14-3-4-21-22(30(14)24(31)32-2)6-5-20(15-10-28-29(13-15)18-11-27-12-18)23(21)33-19-8-16(25)7-17(26)9-19/h5-10,13-14,18,27H,3-4,11-12H2,1-2H3/t14-/m0/s1. The maximum absolute atomic E-state index is 13.9. The number of nitrogens with one attached hydrogen (secondary N) is 1. The van der Waals surface area contributed by atoms with Gasteiger partial charge in [-0.3, -0.25) is 9.58 Å². The van der Waals surface area contributed by atoms with Gasteiger partial charge in [0.2, 0.25) is 0 Å². The summed E-state index contributed by atoms with van der Waals surface area (Å²) >= 11 is 0. The normalized spacial score (nSPS) is 17.9. The molecule has 5 rings (SSSR count). The Morgan fingerprint density at radius 3 is 2.61 bits per heavy atom. The number of carbonyl (C=O) groups is 1. The van der Waals surface area contributed by atoms with Gasteiger partial charge in [-0.1, -0.05) is 0 Å². The maximum atomic E-state index is 13.9. The highest BCUT2D eigenvalue weighted by molar-refractivity contribution is 5.92. The molecular formula is C24H24F2N4O3. The SMILES string of the molecule is COC(=O)N1c2ccc(-c3cnn(C4CNC4)c3)c(Oc3cc(F)cc(F)c3)c2CC[C@@H]1C. The van der Waals surface area contributed by atoms with Gasteiger partial charge in [0.1, 0.15) is 23.1 Å². The van der Waals surface area contributed by atoms with Crippen LogP contribution in [-0.4, -0.2) is 42.1 Å². The molecule has 1 amide bonds. The predicted molar refractivity (Wildman–Crippen MR) is 119 cm³/mol. The Morgan fingerprint density at radius 1 is 1.18 bits per heavy atom. The minimum Gasteiger partial charge on any atom is -0.456 e. The van der Waals surface area contributed by atoms with E-state index in [4.69, 9.17) is 9.47 Å². The van der Waals surface area contributed by atoms with Crippen LogP contribution in [-0.2, 0) is 11.2 Å². The van der Waals surface area contributed by atoms with Crippen molar-refractivity contribution in [3.05, 3.63) is 59.9 Å². The largest absolute Gasteiger partial charge is 0.456 e. The zero-order valence-corrected chi connectivity index (χ0v) is 18.3. The van der Waals surface area contributed by atoms with Gasteiger partial charge in [-0.05, 0) is 31.9 Å². The van der Waals surface area contributed by atoms with Gasteiger partial charge in [-0.15, -0.1) is 0 Å². The van der Waals surface area contributed by atoms with Gasteiger partial charge >= 0.3 is 6.09 Å². The summed E-state index contributed by atoms with van der Waals surface area (Å²) in [6.07, 6.45) is 4.54. The zero-order chi connectivity index (χ0) is 23.1. The van der Waals surface area contributed by atoms with Gasteiger partial charge in [0.05, 0.1) is 25.0 Å². The van der Waals surface area contributed by atoms with Gasteiger partial charge in [-0.2, -0.15) is 5.10 Å². The second-order valence-electron chi connectivity index (χ2n) is 8.40. The number of rotatable bonds is 4. The van der Waals surface area contributed by atoms with Crippen molar-refractivity contribution in [2.75, 3.05) is 25.1 Å². The van der Waals surface area contributed by atoms with Crippen molar-refractivity contribution in [3.8, 4) is 22.6 Å². The highest BCUT2D eigenvalue weighted by atomic mass is 19.1. The van der Waals surface area contributed by atoms with Crippen LogP contribution < -0.4 is 15.0 Å². The maximum Gasteiger partial charge on any atom is 0.414 e. The summed E-state index contributed by atoms with van der Waals surface area (Å²) in [7, 11) is 1.34. The van der Waals surface area contributed by atoms with Gasteiger partial charge in [0.15, 0.2) is 0 Å². The van der Waals surface area contributed by atoms with Gasteiger partial charge in [0, 0.05) is 60.2 Å². The summed E-state index contributed by atoms with van der Waals surface area (Å²) in [5.41, 5.74) is 2.99. The minimum absolute atomic E-state index is 0.0426. The molecule has 1 fully saturated rings. The molecule has 1 N–H and O–H groups in total. The Balaban J connectivity index is 1.64. The third kappa shape index (κ3) is 3.93. The van der Waals surface area contributed by atoms with Crippen molar-refractivity contribution in [1.82, 2.24) is 15.1 Å². The lowest BCUT2D eigenvalue weighted by atomic mass is 9.92. The number of carbonyl (C=O) groups excluding carboxylic acids is 1. The van der Waals surface area contributed by atoms with Gasteiger partial charge in [0.25, 0.3) is 0 Å². The number of anilines is 1. The summed E-state index contributed by atoms with van der Waals surface area (Å²) in [6.45, 7) is 3.65. The van der Waals surface area contributed by atoms with E-state index in [1.807, 2.05) is 29.9 Å². The topological polar surface area (TPSA) is 68.6 Å². The van der Waals surface area contributed by atoms with Crippen molar-refractivity contribution >= 4 is 11.8 Å². The number of aromatic nitrogens is 2. The molecule has 3 aromatic rings. The predicted octanol–water partition coefficient (Wildman–Crippen LogP) is 4.67. The summed E-state index contributed by atoms with van der Waals surface area (Å²) in [5, 5.41) is 7.71. The highest BCUT2D eigenvalue weighted by Crippen LogP contribution is 2.45. The molecule has 9 heteroatoms. The van der Waals surface area contributed by atoms with Crippen LogP contribution in [0.15, 0.2) is 42.7 Å². The third-order valence-electron chi connectivity index (χ3n) is 6.22. The first-order valence-electron chi connectivity index (χ1n) is 10.9. The molecule has 2 aliphatic heterocycles. The first-order valence-corrected chi connectivity index (χ1v) is 10.9. The first kappa shape index (κ1) is 21.4. The van der Waals surface area contributed by atoms with Crippen LogP contribution in [0.1, 0.15) is 24.9 Å². The fourth-order valence-corrected chi connectivity index (χ4v) is 4.37. The van der Waals surface area contributed by atoms with E-state index in [9.17, 15) is 13.6 Å². The second-order valence-corrected chi connectivity index (χ2v) is 8.40. The molecule has 2 aromatic carbocycles. The quantitative estimate of drug-likeness (QED) is 0.621. The Labute approximate surface area is 189 Å². The van der Waals surface area contributed by atoms with Crippen molar-refractivity contribution in [3.63, 3.8) is 0 Å². The second kappa shape index (κ2) is 8.47. The fourth-order valence-electron chi connectivity index (χ4n) is 4.37. The molecule has 3 heterocycles. The van der Waals surface area contributed by atoms with Crippen LogP contribution in [0.25, 0.3) is 11.1 Å². The lowest BCUT2D eigenvalue weighted by Crippen LogP contribution is -2.43. The molecule has 1 aromatic heterocycles. The molecule has 0 saturated carbocycles. The van der Waals surface area contributed by atoms with Crippen molar-refractivity contribution in [1.29, 1.82) is 0 Å². The lowest BCUT2D eigenvalue weighted by Gasteiger charge is -2.35. The Morgan fingerprint density at radius 2 is 1.94 bits per heavy atom. The number of benzene rings is 2. The molecule has 0 radical (unpaired) electrons. The van der Waals surface area contributed by atoms with E-state index in [-0.39, 0.29) is 17.8 Å². The molecule has 0 bridgehead atoms. The number of methoxy groups -OCH3 is 1. The summed E-state index contributed by atoms with van der Waals surface area (Å²) < 4.78 is 40.8. The average molecular weight is 454 g/mol. The summed E-state index contributed by atoms with van der Waals surface area (Å²) in [5.74, 6) is -0.969. The van der Waals surface area contributed by atoms with Crippen molar-refractivity contribution < 1.29 is 23.0 Å². The number of nitrogens with zero attached hydrogens (tertiary/aromatic N) is 3. The number of ether oxygens (including phenoxy) is 2. The highest BCUT2D eigenvalue weighted by Gasteiger charge is 2.32. The molecule has 1 atom stereocenters. The molecule has 33 heavy (non-hydrogen) atoms. The number of halogens is 2. The van der Waals surface area contributed by atoms with E-state index < -0.39 is 17.7 Å². The van der Waals surface area contributed by atoms with Crippen molar-refractivity contribution in [2.24, 2.45) is 0 Å². The molecule has 1 saturated heterocycles. The van der Waals surface area contributed by atoms with Crippen LogP contribution in [0.2, 0.25) is 0 Å². The summed E-state index contributed by atoms with van der Waals surface area (Å²) in [4.78, 5) is 14.1. The number of hydrogen-bond donors (Lipinski definition) is 1. The molecule has 0 spiro atoms. The molecule has 0 aliphatic carbocycles. The van der Waals surface area contributed by atoms with E-state index >= 15 is 0 Å². The van der Waals surface area contributed by atoms with Crippen LogP contribution in [0, 0.1) is 11.6 Å². The number of hydrogen-bond acceptors (Lipinski definition) is 5. The van der Waals surface area contributed by atoms with Gasteiger partial charge in [-0.25, -0.2) is 13.6 Å². The smallest absolute Gasteiger partial charge is 0.414 e. The number of fused-ring (bicyclic) bond motifs is 1. The molecule has 172 valence electrons. The Hall–Kier alpha value is -3.46. The fraction of sp³-hybridized carbons (Fsp3) is 0.333. The minimum atomic E-state index is -0.730. The lowest BCUT2D eigenvalue weighted by molar-refractivity contribution is 0.175. The monoisotopic (exact) mass is 454 g/mol. The van der Waals surface area contributed by atoms with Crippen LogP contribution in [0.3, 0.4) is 0 Å². The van der Waals surface area contributed by atoms with E-state index in [0.29, 0.717) is 24.3 Å². The van der Waals surface area contributed by atoms with E-state index in [2.05, 4.69) is 10.4 Å². The first-order chi connectivity index (χ1) is 15.9. The average Bonchev–Trinajstić information content (AvgIpc) is 3.20. The van der Waals surface area contributed by atoms with Crippen LogP contribution >= 0.6 is 0 Å². The zero-order valence-electron chi connectivity index (χ0n) is 18.3. The Kier molecular flexibility index (Phi) is 5.49. The van der Waals surface area contributed by atoms with Crippen LogP contribution in [0.4, 0.5) is 19.3 Å². The van der Waals surface area contributed by atoms with Gasteiger partial charge < -0.3 is 14.8 Å².